The van der Waals surface area contributed by atoms with Crippen molar-refractivity contribution >= 4 is 48.2 Å². The Hall–Kier alpha value is -3.11. The fourth-order valence-electron chi connectivity index (χ4n) is 2.57. The number of thiol groups is 1. The van der Waals surface area contributed by atoms with Crippen LogP contribution >= 0.6 is 12.6 Å². The normalized spacial score (nSPS) is 15.1. The summed E-state index contributed by atoms with van der Waals surface area (Å²) >= 11 is 4.01. The van der Waals surface area contributed by atoms with Crippen LogP contribution in [0.25, 0.3) is 0 Å². The number of nitrogens with one attached hydrogen (secondary N) is 3. The number of aliphatic imine (C=N–C) groups is 1. The molecule has 5 unspecified atom stereocenters. The molecule has 0 aromatic carbocycles. The van der Waals surface area contributed by atoms with E-state index in [1.165, 1.54) is 0 Å². The monoisotopic (exact) mass is 507 g/mol. The molecule has 16 heteroatoms. The zero-order chi connectivity index (χ0) is 26.4. The smallest absolute Gasteiger partial charge is 0.328 e. The van der Waals surface area contributed by atoms with Crippen molar-refractivity contribution in [3.63, 3.8) is 0 Å². The quantitative estimate of drug-likeness (QED) is 0.0417. The maximum atomic E-state index is 12.6. The second-order valence-corrected chi connectivity index (χ2v) is 7.72. The predicted molar refractivity (Wildman–Crippen MR) is 124 cm³/mol. The molecule has 5 atom stereocenters. The Morgan fingerprint density at radius 2 is 1.50 bits per heavy atom. The lowest BCUT2D eigenvalue weighted by molar-refractivity contribution is -0.145. The minimum atomic E-state index is -1.69. The van der Waals surface area contributed by atoms with E-state index in [1.54, 1.807) is 0 Å². The lowest BCUT2D eigenvalue weighted by Gasteiger charge is -2.25. The number of hydrogen-bond donors (Lipinski definition) is 10. The SMILES string of the molecule is CC(O)C(NC(=O)C(CCC(=O)O)NC(=O)C(CS)NC(=O)C(N)CCCN=C(N)N)C(=O)O. The van der Waals surface area contributed by atoms with E-state index in [9.17, 15) is 29.1 Å². The molecule has 0 aliphatic rings. The molecule has 0 rings (SSSR count). The molecule has 0 heterocycles. The van der Waals surface area contributed by atoms with Crippen LogP contribution in [0.2, 0.25) is 0 Å². The fraction of sp³-hybridized carbons (Fsp3) is 0.667. The number of rotatable bonds is 16. The first-order valence-electron chi connectivity index (χ1n) is 10.3. The number of carbonyl (C=O) groups is 5. The van der Waals surface area contributed by atoms with Gasteiger partial charge in [0.05, 0.1) is 12.1 Å². The number of nitrogens with zero attached hydrogens (tertiary/aromatic N) is 1. The maximum absolute atomic E-state index is 12.6. The zero-order valence-corrected chi connectivity index (χ0v) is 19.5. The average Bonchev–Trinajstić information content (AvgIpc) is 2.74. The molecule has 0 aromatic rings. The van der Waals surface area contributed by atoms with E-state index in [1.807, 2.05) is 5.32 Å². The molecular weight excluding hydrogens is 474 g/mol. The molecule has 0 spiro atoms. The van der Waals surface area contributed by atoms with Crippen molar-refractivity contribution in [1.82, 2.24) is 16.0 Å². The summed E-state index contributed by atoms with van der Waals surface area (Å²) in [6.45, 7) is 1.39. The van der Waals surface area contributed by atoms with Gasteiger partial charge in [0.25, 0.3) is 0 Å². The van der Waals surface area contributed by atoms with Gasteiger partial charge in [-0.3, -0.25) is 24.2 Å². The predicted octanol–water partition coefficient (Wildman–Crippen LogP) is -3.92. The molecule has 15 nitrogen and oxygen atoms in total. The molecule has 194 valence electrons. The van der Waals surface area contributed by atoms with E-state index >= 15 is 0 Å². The number of carboxylic acids is 2. The second-order valence-electron chi connectivity index (χ2n) is 7.36. The fourth-order valence-corrected chi connectivity index (χ4v) is 2.83. The summed E-state index contributed by atoms with van der Waals surface area (Å²) in [5.74, 6) is -5.64. The van der Waals surface area contributed by atoms with Gasteiger partial charge in [-0.1, -0.05) is 0 Å². The highest BCUT2D eigenvalue weighted by Gasteiger charge is 2.31. The molecule has 0 bridgehead atoms. The van der Waals surface area contributed by atoms with Gasteiger partial charge < -0.3 is 48.5 Å². The number of nitrogens with two attached hydrogens (primary N) is 3. The van der Waals surface area contributed by atoms with Gasteiger partial charge in [0.15, 0.2) is 12.0 Å². The summed E-state index contributed by atoms with van der Waals surface area (Å²) in [6.07, 6.45) is -1.76. The van der Waals surface area contributed by atoms with Crippen LogP contribution in [0.4, 0.5) is 0 Å². The number of amides is 3. The van der Waals surface area contributed by atoms with E-state index in [0.717, 1.165) is 6.92 Å². The Kier molecular flexibility index (Phi) is 14.2. The van der Waals surface area contributed by atoms with Crippen molar-refractivity contribution in [2.45, 2.75) is 62.9 Å². The van der Waals surface area contributed by atoms with Crippen molar-refractivity contribution in [3.8, 4) is 0 Å². The number of hydrogen-bond acceptors (Lipinski definition) is 9. The van der Waals surface area contributed by atoms with E-state index in [-0.39, 0.29) is 31.1 Å². The third-order valence-corrected chi connectivity index (χ3v) is 4.81. The summed E-state index contributed by atoms with van der Waals surface area (Å²) in [5, 5.41) is 34.3. The van der Waals surface area contributed by atoms with Crippen LogP contribution in [0.1, 0.15) is 32.6 Å². The number of guanidine groups is 1. The van der Waals surface area contributed by atoms with E-state index < -0.39 is 66.4 Å². The lowest BCUT2D eigenvalue weighted by Crippen LogP contribution is -2.58. The van der Waals surface area contributed by atoms with Crippen LogP contribution in [-0.2, 0) is 24.0 Å². The first-order valence-corrected chi connectivity index (χ1v) is 10.9. The number of aliphatic carboxylic acids is 2. The molecule has 0 aliphatic heterocycles. The van der Waals surface area contributed by atoms with Gasteiger partial charge in [0.1, 0.15) is 12.1 Å². The standard InChI is InChI=1S/C18H33N7O8S/c1-8(26)13(17(32)33)25-15(30)10(4-5-12(27)28)23-16(31)11(7-34)24-14(29)9(19)3-2-6-22-18(20)21/h8-11,13,26,34H,2-7,19H2,1H3,(H,23,31)(H,24,29)(H,25,30)(H,27,28)(H,32,33)(H4,20,21,22). The summed E-state index contributed by atoms with van der Waals surface area (Å²) in [7, 11) is 0. The maximum Gasteiger partial charge on any atom is 0.328 e. The van der Waals surface area contributed by atoms with Crippen LogP contribution in [0.3, 0.4) is 0 Å². The average molecular weight is 508 g/mol. The van der Waals surface area contributed by atoms with Crippen molar-refractivity contribution < 1.29 is 39.3 Å². The molecule has 34 heavy (non-hydrogen) atoms. The number of aliphatic hydroxyl groups is 1. The van der Waals surface area contributed by atoms with Crippen molar-refractivity contribution in [3.05, 3.63) is 0 Å². The molecule has 0 saturated heterocycles. The third-order valence-electron chi connectivity index (χ3n) is 4.45. The highest BCUT2D eigenvalue weighted by Crippen LogP contribution is 2.04. The van der Waals surface area contributed by atoms with Crippen molar-refractivity contribution in [2.75, 3.05) is 12.3 Å². The van der Waals surface area contributed by atoms with Gasteiger partial charge in [-0.05, 0) is 26.2 Å². The molecular formula is C18H33N7O8S. The highest BCUT2D eigenvalue weighted by molar-refractivity contribution is 7.80. The zero-order valence-electron chi connectivity index (χ0n) is 18.6. The van der Waals surface area contributed by atoms with Crippen molar-refractivity contribution in [1.29, 1.82) is 0 Å². The van der Waals surface area contributed by atoms with Crippen LogP contribution in [0, 0.1) is 0 Å². The lowest BCUT2D eigenvalue weighted by atomic mass is 10.1. The summed E-state index contributed by atoms with van der Waals surface area (Å²) in [6, 6.07) is -5.37. The summed E-state index contributed by atoms with van der Waals surface area (Å²) in [5.41, 5.74) is 16.2. The minimum absolute atomic E-state index is 0.102. The number of carbonyl (C=O) groups excluding carboxylic acids is 3. The Bertz CT molecular complexity index is 761. The molecule has 12 N–H and O–H groups in total. The first kappa shape index (κ1) is 30.9. The van der Waals surface area contributed by atoms with Crippen molar-refractivity contribution in [2.24, 2.45) is 22.2 Å². The van der Waals surface area contributed by atoms with Crippen LogP contribution in [-0.4, -0.2) is 93.5 Å². The molecule has 0 aliphatic carbocycles. The van der Waals surface area contributed by atoms with Crippen LogP contribution in [0.15, 0.2) is 4.99 Å². The van der Waals surface area contributed by atoms with Gasteiger partial charge in [0, 0.05) is 18.7 Å². The third kappa shape index (κ3) is 12.2. The molecule has 3 amide bonds. The van der Waals surface area contributed by atoms with E-state index in [4.69, 9.17) is 27.4 Å². The van der Waals surface area contributed by atoms with Gasteiger partial charge >= 0.3 is 11.9 Å². The van der Waals surface area contributed by atoms with E-state index in [2.05, 4.69) is 28.3 Å². The largest absolute Gasteiger partial charge is 0.481 e. The van der Waals surface area contributed by atoms with Crippen LogP contribution < -0.4 is 33.2 Å². The summed E-state index contributed by atoms with van der Waals surface area (Å²) in [4.78, 5) is 63.3. The molecule has 0 fully saturated rings. The first-order chi connectivity index (χ1) is 15.8. The highest BCUT2D eigenvalue weighted by atomic mass is 32.1. The number of aliphatic hydroxyl groups excluding tert-OH is 1. The molecule has 0 saturated carbocycles. The Balaban J connectivity index is 5.20. The Morgan fingerprint density at radius 1 is 0.941 bits per heavy atom. The van der Waals surface area contributed by atoms with Gasteiger partial charge in [-0.25, -0.2) is 4.79 Å². The Labute approximate surface area is 201 Å². The molecule has 0 radical (unpaired) electrons. The second kappa shape index (κ2) is 15.7. The Morgan fingerprint density at radius 3 is 1.97 bits per heavy atom. The summed E-state index contributed by atoms with van der Waals surface area (Å²) < 4.78 is 0. The number of carboxylic acid groups (broad SMARTS) is 2. The van der Waals surface area contributed by atoms with Gasteiger partial charge in [-0.15, -0.1) is 0 Å². The van der Waals surface area contributed by atoms with Gasteiger partial charge in [0.2, 0.25) is 17.7 Å². The van der Waals surface area contributed by atoms with E-state index in [0.29, 0.717) is 6.42 Å². The topological polar surface area (TPSA) is 273 Å². The van der Waals surface area contributed by atoms with Gasteiger partial charge in [-0.2, -0.15) is 12.6 Å². The minimum Gasteiger partial charge on any atom is -0.481 e. The molecule has 0 aromatic heterocycles. The van der Waals surface area contributed by atoms with Crippen LogP contribution in [0.5, 0.6) is 0 Å².